The Kier molecular flexibility index (Phi) is 3.63. The van der Waals surface area contributed by atoms with Crippen molar-refractivity contribution in [2.24, 2.45) is 5.73 Å². The van der Waals surface area contributed by atoms with Gasteiger partial charge in [-0.05, 0) is 12.5 Å². The van der Waals surface area contributed by atoms with Gasteiger partial charge in [0.05, 0.1) is 5.69 Å². The Morgan fingerprint density at radius 3 is 2.40 bits per heavy atom. The van der Waals surface area contributed by atoms with E-state index in [1.807, 2.05) is 30.3 Å². The van der Waals surface area contributed by atoms with E-state index in [0.29, 0.717) is 6.54 Å². The maximum atomic E-state index is 5.89. The summed E-state index contributed by atoms with van der Waals surface area (Å²) >= 11 is 1.69. The van der Waals surface area contributed by atoms with Crippen molar-refractivity contribution < 1.29 is 0 Å². The minimum atomic E-state index is 0.522. The van der Waals surface area contributed by atoms with Crippen molar-refractivity contribution >= 4 is 11.3 Å². The number of benzene rings is 2. The van der Waals surface area contributed by atoms with Gasteiger partial charge in [-0.3, -0.25) is 0 Å². The molecule has 3 heteroatoms. The molecule has 3 rings (SSSR count). The van der Waals surface area contributed by atoms with Crippen molar-refractivity contribution in [3.63, 3.8) is 0 Å². The van der Waals surface area contributed by atoms with Crippen molar-refractivity contribution in [2.75, 3.05) is 0 Å². The lowest BCUT2D eigenvalue weighted by Gasteiger charge is -2.00. The van der Waals surface area contributed by atoms with Crippen LogP contribution >= 0.6 is 11.3 Å². The van der Waals surface area contributed by atoms with Crippen LogP contribution in [-0.4, -0.2) is 4.98 Å². The molecule has 0 unspecified atom stereocenters. The van der Waals surface area contributed by atoms with Gasteiger partial charge in [-0.2, -0.15) is 0 Å². The third-order valence-corrected chi connectivity index (χ3v) is 4.42. The van der Waals surface area contributed by atoms with Gasteiger partial charge in [0, 0.05) is 22.5 Å². The van der Waals surface area contributed by atoms with Gasteiger partial charge in [0.2, 0.25) is 0 Å². The molecule has 0 aliphatic rings. The molecule has 0 saturated heterocycles. The highest BCUT2D eigenvalue weighted by Crippen LogP contribution is 2.34. The Hall–Kier alpha value is -1.97. The number of hydrogen-bond donors (Lipinski definition) is 1. The Balaban J connectivity index is 2.13. The van der Waals surface area contributed by atoms with E-state index >= 15 is 0 Å². The maximum absolute atomic E-state index is 5.89. The van der Waals surface area contributed by atoms with Gasteiger partial charge in [0.1, 0.15) is 5.01 Å². The molecule has 0 saturated carbocycles. The van der Waals surface area contributed by atoms with Gasteiger partial charge in [0.25, 0.3) is 0 Å². The number of aromatic nitrogens is 1. The summed E-state index contributed by atoms with van der Waals surface area (Å²) < 4.78 is 0. The first-order valence-corrected chi connectivity index (χ1v) is 7.42. The smallest absolute Gasteiger partial charge is 0.124 e. The van der Waals surface area contributed by atoms with Gasteiger partial charge in [-0.1, -0.05) is 54.6 Å². The summed E-state index contributed by atoms with van der Waals surface area (Å²) in [6.07, 6.45) is 0. The fourth-order valence-electron chi connectivity index (χ4n) is 2.24. The molecule has 20 heavy (non-hydrogen) atoms. The highest BCUT2D eigenvalue weighted by atomic mass is 32.1. The van der Waals surface area contributed by atoms with Crippen LogP contribution in [0.3, 0.4) is 0 Å². The minimum Gasteiger partial charge on any atom is -0.326 e. The van der Waals surface area contributed by atoms with Gasteiger partial charge < -0.3 is 5.73 Å². The van der Waals surface area contributed by atoms with Crippen LogP contribution in [0.1, 0.15) is 10.4 Å². The van der Waals surface area contributed by atoms with Crippen LogP contribution in [0.25, 0.3) is 21.8 Å². The van der Waals surface area contributed by atoms with Gasteiger partial charge >= 0.3 is 0 Å². The largest absolute Gasteiger partial charge is 0.326 e. The molecule has 0 radical (unpaired) electrons. The first-order valence-electron chi connectivity index (χ1n) is 6.61. The molecule has 100 valence electrons. The summed E-state index contributed by atoms with van der Waals surface area (Å²) in [7, 11) is 0. The molecule has 0 aliphatic heterocycles. The second-order valence-corrected chi connectivity index (χ2v) is 5.76. The molecule has 2 N–H and O–H groups in total. The van der Waals surface area contributed by atoms with Crippen LogP contribution in [0.15, 0.2) is 54.6 Å². The van der Waals surface area contributed by atoms with E-state index in [4.69, 9.17) is 10.7 Å². The molecule has 1 heterocycles. The molecule has 0 fully saturated rings. The molecular weight excluding hydrogens is 264 g/mol. The summed E-state index contributed by atoms with van der Waals surface area (Å²) in [5.41, 5.74) is 10.5. The van der Waals surface area contributed by atoms with E-state index in [9.17, 15) is 0 Å². The van der Waals surface area contributed by atoms with Crippen LogP contribution in [0.2, 0.25) is 0 Å². The zero-order valence-corrected chi connectivity index (χ0v) is 12.2. The predicted molar refractivity (Wildman–Crippen MR) is 85.6 cm³/mol. The van der Waals surface area contributed by atoms with Crippen molar-refractivity contribution in [3.8, 4) is 21.8 Å². The molecule has 0 atom stereocenters. The molecule has 3 aromatic rings. The minimum absolute atomic E-state index is 0.522. The summed E-state index contributed by atoms with van der Waals surface area (Å²) in [6, 6.07) is 18.6. The van der Waals surface area contributed by atoms with E-state index in [1.165, 1.54) is 11.1 Å². The molecule has 0 amide bonds. The molecule has 0 bridgehead atoms. The molecule has 0 aliphatic carbocycles. The average Bonchev–Trinajstić information content (AvgIpc) is 2.92. The fraction of sp³-hybridized carbons (Fsp3) is 0.118. The Labute approximate surface area is 122 Å². The standard InChI is InChI=1S/C17H16N2S/c1-12-7-5-6-10-14(12)17-19-16(15(11-18)20-17)13-8-3-2-4-9-13/h2-10H,11,18H2,1H3. The topological polar surface area (TPSA) is 38.9 Å². The molecule has 2 nitrogen and oxygen atoms in total. The second-order valence-electron chi connectivity index (χ2n) is 4.68. The summed E-state index contributed by atoms with van der Waals surface area (Å²) in [6.45, 7) is 2.63. The van der Waals surface area contributed by atoms with Crippen molar-refractivity contribution in [1.29, 1.82) is 0 Å². The summed E-state index contributed by atoms with van der Waals surface area (Å²) in [4.78, 5) is 5.95. The lowest BCUT2D eigenvalue weighted by atomic mass is 10.1. The van der Waals surface area contributed by atoms with Crippen LogP contribution in [0, 0.1) is 6.92 Å². The highest BCUT2D eigenvalue weighted by Gasteiger charge is 2.13. The summed E-state index contributed by atoms with van der Waals surface area (Å²) in [5.74, 6) is 0. The second kappa shape index (κ2) is 5.57. The van der Waals surface area contributed by atoms with Crippen molar-refractivity contribution in [2.45, 2.75) is 13.5 Å². The Morgan fingerprint density at radius 1 is 1.00 bits per heavy atom. The zero-order valence-electron chi connectivity index (χ0n) is 11.3. The number of nitrogens with two attached hydrogens (primary N) is 1. The van der Waals surface area contributed by atoms with Crippen LogP contribution in [0.4, 0.5) is 0 Å². The molecule has 1 aromatic heterocycles. The number of aryl methyl sites for hydroxylation is 1. The third kappa shape index (κ3) is 2.38. The Morgan fingerprint density at radius 2 is 1.70 bits per heavy atom. The van der Waals surface area contributed by atoms with E-state index in [0.717, 1.165) is 21.1 Å². The van der Waals surface area contributed by atoms with E-state index in [-0.39, 0.29) is 0 Å². The van der Waals surface area contributed by atoms with E-state index in [1.54, 1.807) is 11.3 Å². The first kappa shape index (κ1) is 13.0. The lowest BCUT2D eigenvalue weighted by molar-refractivity contribution is 1.10. The predicted octanol–water partition coefficient (Wildman–Crippen LogP) is 4.24. The first-order chi connectivity index (χ1) is 9.79. The van der Waals surface area contributed by atoms with Crippen LogP contribution in [0.5, 0.6) is 0 Å². The molecule has 2 aromatic carbocycles. The monoisotopic (exact) mass is 280 g/mol. The molecule has 0 spiro atoms. The van der Waals surface area contributed by atoms with E-state index < -0.39 is 0 Å². The van der Waals surface area contributed by atoms with Crippen molar-refractivity contribution in [3.05, 3.63) is 65.0 Å². The maximum Gasteiger partial charge on any atom is 0.124 e. The quantitative estimate of drug-likeness (QED) is 0.779. The van der Waals surface area contributed by atoms with Gasteiger partial charge in [-0.15, -0.1) is 11.3 Å². The fourth-order valence-corrected chi connectivity index (χ4v) is 3.29. The number of rotatable bonds is 3. The van der Waals surface area contributed by atoms with Crippen LogP contribution in [-0.2, 0) is 6.54 Å². The number of hydrogen-bond acceptors (Lipinski definition) is 3. The van der Waals surface area contributed by atoms with Crippen LogP contribution < -0.4 is 5.73 Å². The lowest BCUT2D eigenvalue weighted by Crippen LogP contribution is -1.95. The van der Waals surface area contributed by atoms with Gasteiger partial charge in [-0.25, -0.2) is 4.98 Å². The normalized spacial score (nSPS) is 10.7. The Bertz CT molecular complexity index is 717. The zero-order chi connectivity index (χ0) is 13.9. The van der Waals surface area contributed by atoms with E-state index in [2.05, 4.69) is 31.2 Å². The van der Waals surface area contributed by atoms with Gasteiger partial charge in [0.15, 0.2) is 0 Å². The van der Waals surface area contributed by atoms with Crippen molar-refractivity contribution in [1.82, 2.24) is 4.98 Å². The SMILES string of the molecule is Cc1ccccc1-c1nc(-c2ccccc2)c(CN)s1. The third-order valence-electron chi connectivity index (χ3n) is 3.31. The average molecular weight is 280 g/mol. The summed E-state index contributed by atoms with van der Waals surface area (Å²) in [5, 5.41) is 1.04. The highest BCUT2D eigenvalue weighted by molar-refractivity contribution is 7.15. The number of nitrogens with zero attached hydrogens (tertiary/aromatic N) is 1. The number of thiazole rings is 1. The molecular formula is C17H16N2S.